The Labute approximate surface area is 101 Å². The average Bonchev–Trinajstić information content (AvgIpc) is 2.36. The van der Waals surface area contributed by atoms with Gasteiger partial charge < -0.3 is 15.4 Å². The molecule has 0 radical (unpaired) electrons. The molecule has 0 saturated heterocycles. The predicted octanol–water partition coefficient (Wildman–Crippen LogP) is 0.813. The molecular formula is C11H18N4O2. The monoisotopic (exact) mass is 238 g/mol. The molecule has 6 heteroatoms. The van der Waals surface area contributed by atoms with E-state index >= 15 is 0 Å². The summed E-state index contributed by atoms with van der Waals surface area (Å²) in [7, 11) is 1.61. The van der Waals surface area contributed by atoms with E-state index in [2.05, 4.69) is 20.6 Å². The second kappa shape index (κ2) is 7.43. The third-order valence-electron chi connectivity index (χ3n) is 2.00. The molecular weight excluding hydrogens is 220 g/mol. The fourth-order valence-electron chi connectivity index (χ4n) is 1.13. The number of ether oxygens (including phenoxy) is 1. The van der Waals surface area contributed by atoms with Crippen LogP contribution in [0.3, 0.4) is 0 Å². The summed E-state index contributed by atoms with van der Waals surface area (Å²) < 4.78 is 5.37. The molecule has 0 spiro atoms. The molecule has 6 nitrogen and oxygen atoms in total. The van der Waals surface area contributed by atoms with Gasteiger partial charge in [0.25, 0.3) is 0 Å². The summed E-state index contributed by atoms with van der Waals surface area (Å²) in [5.41, 5.74) is 0. The van der Waals surface area contributed by atoms with Crippen molar-refractivity contribution < 1.29 is 9.53 Å². The highest BCUT2D eigenvalue weighted by Crippen LogP contribution is 2.08. The molecule has 0 unspecified atom stereocenters. The maximum atomic E-state index is 11.0. The number of anilines is 1. The predicted molar refractivity (Wildman–Crippen MR) is 65.0 cm³/mol. The van der Waals surface area contributed by atoms with Gasteiger partial charge in [-0.15, -0.1) is 0 Å². The molecule has 0 aliphatic rings. The second-order valence-electron chi connectivity index (χ2n) is 3.42. The fraction of sp³-hybridized carbons (Fsp3) is 0.545. The van der Waals surface area contributed by atoms with Crippen LogP contribution in [-0.4, -0.2) is 36.1 Å². The lowest BCUT2D eigenvalue weighted by molar-refractivity contribution is -0.120. The van der Waals surface area contributed by atoms with Crippen LogP contribution < -0.4 is 15.4 Å². The van der Waals surface area contributed by atoms with Crippen molar-refractivity contribution in [3.8, 4) is 5.88 Å². The zero-order valence-electron chi connectivity index (χ0n) is 10.2. The minimum atomic E-state index is -0.0177. The zero-order valence-corrected chi connectivity index (χ0v) is 10.2. The quantitative estimate of drug-likeness (QED) is 0.735. The van der Waals surface area contributed by atoms with Gasteiger partial charge >= 0.3 is 0 Å². The van der Waals surface area contributed by atoms with Crippen LogP contribution in [0.2, 0.25) is 0 Å². The molecule has 1 aromatic heterocycles. The molecule has 0 aromatic carbocycles. The highest BCUT2D eigenvalue weighted by molar-refractivity contribution is 5.75. The Morgan fingerprint density at radius 2 is 2.35 bits per heavy atom. The molecule has 17 heavy (non-hydrogen) atoms. The van der Waals surface area contributed by atoms with Gasteiger partial charge in [0, 0.05) is 32.3 Å². The molecule has 0 aliphatic heterocycles. The minimum Gasteiger partial charge on any atom is -0.478 e. The normalized spacial score (nSPS) is 9.76. The number of amides is 1. The number of hydrogen-bond donors (Lipinski definition) is 2. The average molecular weight is 238 g/mol. The van der Waals surface area contributed by atoms with E-state index in [0.717, 1.165) is 6.42 Å². The number of carbonyl (C=O) groups excluding carboxylic acids is 1. The molecule has 2 N–H and O–H groups in total. The number of hydrogen-bond acceptors (Lipinski definition) is 5. The van der Waals surface area contributed by atoms with Crippen molar-refractivity contribution in [1.29, 1.82) is 0 Å². The van der Waals surface area contributed by atoms with Crippen LogP contribution in [0.4, 0.5) is 5.95 Å². The van der Waals surface area contributed by atoms with E-state index in [4.69, 9.17) is 4.74 Å². The Kier molecular flexibility index (Phi) is 5.77. The van der Waals surface area contributed by atoms with Crippen LogP contribution in [0.1, 0.15) is 19.8 Å². The maximum absolute atomic E-state index is 11.0. The largest absolute Gasteiger partial charge is 0.478 e. The number of aromatic nitrogens is 2. The Hall–Kier alpha value is -1.85. The van der Waals surface area contributed by atoms with Crippen molar-refractivity contribution >= 4 is 11.9 Å². The number of nitrogens with one attached hydrogen (secondary N) is 2. The third kappa shape index (κ3) is 5.14. The lowest BCUT2D eigenvalue weighted by atomic mass is 10.4. The fourth-order valence-corrected chi connectivity index (χ4v) is 1.13. The SMILES string of the molecule is CCCOc1ccnc(NCCC(=O)NC)n1. The number of rotatable bonds is 7. The summed E-state index contributed by atoms with van der Waals surface area (Å²) >= 11 is 0. The van der Waals surface area contributed by atoms with E-state index in [9.17, 15) is 4.79 Å². The summed E-state index contributed by atoms with van der Waals surface area (Å²) in [5, 5.41) is 5.51. The van der Waals surface area contributed by atoms with Crippen LogP contribution in [0.25, 0.3) is 0 Å². The van der Waals surface area contributed by atoms with Crippen molar-refractivity contribution in [1.82, 2.24) is 15.3 Å². The summed E-state index contributed by atoms with van der Waals surface area (Å²) in [6.45, 7) is 3.16. The molecule has 0 saturated carbocycles. The van der Waals surface area contributed by atoms with Crippen LogP contribution in [-0.2, 0) is 4.79 Å². The first-order valence-electron chi connectivity index (χ1n) is 5.66. The second-order valence-corrected chi connectivity index (χ2v) is 3.42. The van der Waals surface area contributed by atoms with Gasteiger partial charge in [-0.1, -0.05) is 6.92 Å². The Balaban J connectivity index is 2.40. The van der Waals surface area contributed by atoms with Gasteiger partial charge in [-0.25, -0.2) is 4.98 Å². The lowest BCUT2D eigenvalue weighted by Gasteiger charge is -2.06. The van der Waals surface area contributed by atoms with E-state index < -0.39 is 0 Å². The van der Waals surface area contributed by atoms with Gasteiger partial charge in [0.15, 0.2) is 0 Å². The van der Waals surface area contributed by atoms with Crippen LogP contribution in [0, 0.1) is 0 Å². The highest BCUT2D eigenvalue weighted by atomic mass is 16.5. The van der Waals surface area contributed by atoms with Gasteiger partial charge in [-0.2, -0.15) is 4.98 Å². The first kappa shape index (κ1) is 13.2. The first-order valence-corrected chi connectivity index (χ1v) is 5.66. The summed E-state index contributed by atoms with van der Waals surface area (Å²) in [5.74, 6) is 1.00. The summed E-state index contributed by atoms with van der Waals surface area (Å²) in [4.78, 5) is 19.2. The summed E-state index contributed by atoms with van der Waals surface area (Å²) in [6, 6.07) is 1.71. The lowest BCUT2D eigenvalue weighted by Crippen LogP contribution is -2.21. The smallest absolute Gasteiger partial charge is 0.225 e. The van der Waals surface area contributed by atoms with Crippen molar-refractivity contribution in [2.75, 3.05) is 25.5 Å². The van der Waals surface area contributed by atoms with Crippen LogP contribution in [0.5, 0.6) is 5.88 Å². The molecule has 0 aliphatic carbocycles. The van der Waals surface area contributed by atoms with Gasteiger partial charge in [-0.05, 0) is 6.42 Å². The summed E-state index contributed by atoms with van der Waals surface area (Å²) in [6.07, 6.45) is 2.95. The van der Waals surface area contributed by atoms with Gasteiger partial charge in [-0.3, -0.25) is 4.79 Å². The highest BCUT2D eigenvalue weighted by Gasteiger charge is 2.01. The van der Waals surface area contributed by atoms with E-state index in [0.29, 0.717) is 31.4 Å². The molecule has 0 atom stereocenters. The van der Waals surface area contributed by atoms with Crippen molar-refractivity contribution in [3.63, 3.8) is 0 Å². The maximum Gasteiger partial charge on any atom is 0.225 e. The van der Waals surface area contributed by atoms with Crippen molar-refractivity contribution in [2.24, 2.45) is 0 Å². The molecule has 0 bridgehead atoms. The molecule has 1 rings (SSSR count). The standard InChI is InChI=1S/C11H18N4O2/c1-3-8-17-10-5-7-14-11(15-10)13-6-4-9(16)12-2/h5,7H,3-4,6,8H2,1-2H3,(H,12,16)(H,13,14,15). The third-order valence-corrected chi connectivity index (χ3v) is 2.00. The molecule has 1 aromatic rings. The van der Waals surface area contributed by atoms with E-state index in [1.54, 1.807) is 19.3 Å². The molecule has 1 heterocycles. The molecule has 0 fully saturated rings. The van der Waals surface area contributed by atoms with E-state index in [1.807, 2.05) is 6.92 Å². The van der Waals surface area contributed by atoms with Gasteiger partial charge in [0.1, 0.15) is 0 Å². The van der Waals surface area contributed by atoms with Gasteiger partial charge in [0.2, 0.25) is 17.7 Å². The zero-order chi connectivity index (χ0) is 12.5. The van der Waals surface area contributed by atoms with E-state index in [-0.39, 0.29) is 5.91 Å². The minimum absolute atomic E-state index is 0.0177. The first-order chi connectivity index (χ1) is 8.26. The Morgan fingerprint density at radius 3 is 3.06 bits per heavy atom. The van der Waals surface area contributed by atoms with Crippen molar-refractivity contribution in [2.45, 2.75) is 19.8 Å². The van der Waals surface area contributed by atoms with Crippen molar-refractivity contribution in [3.05, 3.63) is 12.3 Å². The topological polar surface area (TPSA) is 76.1 Å². The number of nitrogens with zero attached hydrogens (tertiary/aromatic N) is 2. The van der Waals surface area contributed by atoms with Gasteiger partial charge in [0.05, 0.1) is 6.61 Å². The Morgan fingerprint density at radius 1 is 1.53 bits per heavy atom. The van der Waals surface area contributed by atoms with Crippen LogP contribution in [0.15, 0.2) is 12.3 Å². The molecule has 94 valence electrons. The van der Waals surface area contributed by atoms with Crippen LogP contribution >= 0.6 is 0 Å². The Bertz CT molecular complexity index is 357. The molecule has 1 amide bonds. The number of carbonyl (C=O) groups is 1. The van der Waals surface area contributed by atoms with E-state index in [1.165, 1.54) is 0 Å².